The molecule has 3 rings (SSSR count). The van der Waals surface area contributed by atoms with Gasteiger partial charge in [-0.15, -0.1) is 0 Å². The van der Waals surface area contributed by atoms with Crippen LogP contribution in [0.4, 0.5) is 11.4 Å². The summed E-state index contributed by atoms with van der Waals surface area (Å²) in [6, 6.07) is 11.7. The highest BCUT2D eigenvalue weighted by molar-refractivity contribution is 9.10. The smallest absolute Gasteiger partial charge is 0.300 e. The number of nitrogens with zero attached hydrogens (tertiary/aromatic N) is 1. The highest BCUT2D eigenvalue weighted by Crippen LogP contribution is 2.33. The van der Waals surface area contributed by atoms with Crippen LogP contribution in [-0.4, -0.2) is 23.6 Å². The molecule has 0 bridgehead atoms. The van der Waals surface area contributed by atoms with Crippen molar-refractivity contribution in [3.05, 3.63) is 58.1 Å². The van der Waals surface area contributed by atoms with E-state index in [4.69, 9.17) is 0 Å². The third-order valence-electron chi connectivity index (χ3n) is 4.16. The summed E-state index contributed by atoms with van der Waals surface area (Å²) in [5, 5.41) is 2.83. The van der Waals surface area contributed by atoms with Gasteiger partial charge in [0.1, 0.15) is 6.04 Å². The van der Waals surface area contributed by atoms with E-state index in [0.717, 1.165) is 5.56 Å². The molecule has 0 fully saturated rings. The van der Waals surface area contributed by atoms with Gasteiger partial charge >= 0.3 is 0 Å². The number of hydrogen-bond acceptors (Lipinski definition) is 3. The van der Waals surface area contributed by atoms with Crippen molar-refractivity contribution in [3.8, 4) is 0 Å². The topological polar surface area (TPSA) is 66.5 Å². The number of Topliss-reactive ketones (excluding diaryl/α,β-unsaturated/α-hetero) is 1. The third-order valence-corrected chi connectivity index (χ3v) is 4.66. The molecular weight excluding hydrogens is 384 g/mol. The summed E-state index contributed by atoms with van der Waals surface area (Å²) >= 11 is 3.30. The molecule has 5 nitrogen and oxygen atoms in total. The fourth-order valence-corrected chi connectivity index (χ4v) is 3.34. The van der Waals surface area contributed by atoms with Crippen LogP contribution < -0.4 is 10.2 Å². The normalized spacial score (nSPS) is 14.4. The predicted octanol–water partition coefficient (Wildman–Crippen LogP) is 3.70. The van der Waals surface area contributed by atoms with Crippen LogP contribution in [0.2, 0.25) is 0 Å². The molecule has 0 saturated carbocycles. The number of carbonyl (C=O) groups is 3. The van der Waals surface area contributed by atoms with Crippen molar-refractivity contribution < 1.29 is 14.4 Å². The molecule has 1 heterocycles. The lowest BCUT2D eigenvalue weighted by Crippen LogP contribution is -2.46. The zero-order chi connectivity index (χ0) is 18.1. The zero-order valence-corrected chi connectivity index (χ0v) is 15.5. The monoisotopic (exact) mass is 400 g/mol. The second-order valence-electron chi connectivity index (χ2n) is 5.95. The molecular formula is C19H17BrN2O3. The van der Waals surface area contributed by atoms with Crippen molar-refractivity contribution >= 4 is 44.9 Å². The molecule has 1 N–H and O–H groups in total. The number of aryl methyl sites for hydroxylation is 1. The van der Waals surface area contributed by atoms with E-state index < -0.39 is 17.7 Å². The highest BCUT2D eigenvalue weighted by Gasteiger charge is 2.41. The molecule has 2 amide bonds. The molecule has 0 aromatic heterocycles. The maximum atomic E-state index is 12.7. The Hall–Kier alpha value is -2.47. The fourth-order valence-electron chi connectivity index (χ4n) is 2.98. The van der Waals surface area contributed by atoms with Crippen LogP contribution in [0.25, 0.3) is 0 Å². The Morgan fingerprint density at radius 3 is 2.64 bits per heavy atom. The van der Waals surface area contributed by atoms with Gasteiger partial charge in [0.15, 0.2) is 0 Å². The molecule has 0 spiro atoms. The Balaban J connectivity index is 1.92. The average Bonchev–Trinajstić information content (AvgIpc) is 2.81. The maximum Gasteiger partial charge on any atom is 0.300 e. The summed E-state index contributed by atoms with van der Waals surface area (Å²) < 4.78 is 0.714. The SMILES string of the molecule is CCC(C(=O)Nc1cccc(C)c1)N1C(=O)C(=O)c2cc(Br)ccc21. The van der Waals surface area contributed by atoms with Crippen LogP contribution in [-0.2, 0) is 9.59 Å². The third kappa shape index (κ3) is 3.22. The highest BCUT2D eigenvalue weighted by atomic mass is 79.9. The van der Waals surface area contributed by atoms with E-state index in [9.17, 15) is 14.4 Å². The first-order valence-electron chi connectivity index (χ1n) is 7.97. The molecule has 2 aromatic rings. The Morgan fingerprint density at radius 2 is 1.96 bits per heavy atom. The Bertz CT molecular complexity index is 879. The number of anilines is 2. The van der Waals surface area contributed by atoms with Gasteiger partial charge < -0.3 is 5.32 Å². The minimum Gasteiger partial charge on any atom is -0.324 e. The van der Waals surface area contributed by atoms with E-state index in [1.807, 2.05) is 32.0 Å². The van der Waals surface area contributed by atoms with Crippen molar-refractivity contribution in [2.75, 3.05) is 10.2 Å². The van der Waals surface area contributed by atoms with E-state index in [1.165, 1.54) is 4.90 Å². The van der Waals surface area contributed by atoms with Crippen molar-refractivity contribution in [1.82, 2.24) is 0 Å². The summed E-state index contributed by atoms with van der Waals surface area (Å²) in [4.78, 5) is 38.8. The lowest BCUT2D eigenvalue weighted by Gasteiger charge is -2.26. The molecule has 1 aliphatic heterocycles. The molecule has 1 aliphatic rings. The van der Waals surface area contributed by atoms with Crippen LogP contribution in [0.1, 0.15) is 29.3 Å². The number of benzene rings is 2. The van der Waals surface area contributed by atoms with Gasteiger partial charge in [0.25, 0.3) is 11.7 Å². The summed E-state index contributed by atoms with van der Waals surface area (Å²) in [6.45, 7) is 3.75. The number of nitrogens with one attached hydrogen (secondary N) is 1. The number of amides is 2. The molecule has 25 heavy (non-hydrogen) atoms. The van der Waals surface area contributed by atoms with E-state index in [0.29, 0.717) is 27.8 Å². The largest absolute Gasteiger partial charge is 0.324 e. The standard InChI is InChI=1S/C19H17BrN2O3/c1-3-15(18(24)21-13-6-4-5-11(2)9-13)22-16-8-7-12(20)10-14(16)17(23)19(22)25/h4-10,15H,3H2,1-2H3,(H,21,24). The number of carbonyl (C=O) groups excluding carboxylic acids is 3. The number of hydrogen-bond donors (Lipinski definition) is 1. The Kier molecular flexibility index (Phi) is 4.72. The van der Waals surface area contributed by atoms with Crippen molar-refractivity contribution in [3.63, 3.8) is 0 Å². The van der Waals surface area contributed by atoms with Gasteiger partial charge in [-0.2, -0.15) is 0 Å². The zero-order valence-electron chi connectivity index (χ0n) is 13.9. The number of halogens is 1. The molecule has 0 radical (unpaired) electrons. The molecule has 128 valence electrons. The fraction of sp³-hybridized carbons (Fsp3) is 0.211. The van der Waals surface area contributed by atoms with Crippen molar-refractivity contribution in [2.24, 2.45) is 0 Å². The van der Waals surface area contributed by atoms with Gasteiger partial charge in [-0.3, -0.25) is 19.3 Å². The maximum absolute atomic E-state index is 12.7. The van der Waals surface area contributed by atoms with E-state index in [-0.39, 0.29) is 5.91 Å². The van der Waals surface area contributed by atoms with Gasteiger partial charge in [0.05, 0.1) is 11.3 Å². The molecule has 1 unspecified atom stereocenters. The van der Waals surface area contributed by atoms with Crippen LogP contribution in [0.5, 0.6) is 0 Å². The van der Waals surface area contributed by atoms with Crippen LogP contribution >= 0.6 is 15.9 Å². The summed E-state index contributed by atoms with van der Waals surface area (Å²) in [5.74, 6) is -1.57. The van der Waals surface area contributed by atoms with E-state index in [2.05, 4.69) is 21.2 Å². The van der Waals surface area contributed by atoms with E-state index >= 15 is 0 Å². The molecule has 1 atom stereocenters. The second kappa shape index (κ2) is 6.80. The first-order chi connectivity index (χ1) is 11.9. The average molecular weight is 401 g/mol. The number of rotatable bonds is 4. The first-order valence-corrected chi connectivity index (χ1v) is 8.76. The Morgan fingerprint density at radius 1 is 1.20 bits per heavy atom. The minimum atomic E-state index is -0.751. The summed E-state index contributed by atoms with van der Waals surface area (Å²) in [6.07, 6.45) is 0.395. The quantitative estimate of drug-likeness (QED) is 0.795. The van der Waals surface area contributed by atoms with Crippen LogP contribution in [0, 0.1) is 6.92 Å². The van der Waals surface area contributed by atoms with Crippen molar-refractivity contribution in [1.29, 1.82) is 0 Å². The van der Waals surface area contributed by atoms with Crippen LogP contribution in [0.3, 0.4) is 0 Å². The van der Waals surface area contributed by atoms with E-state index in [1.54, 1.807) is 24.3 Å². The van der Waals surface area contributed by atoms with Gasteiger partial charge in [-0.25, -0.2) is 0 Å². The molecule has 6 heteroatoms. The first kappa shape index (κ1) is 17.4. The minimum absolute atomic E-state index is 0.315. The lowest BCUT2D eigenvalue weighted by molar-refractivity contribution is -0.121. The summed E-state index contributed by atoms with van der Waals surface area (Å²) in [7, 11) is 0. The molecule has 0 saturated heterocycles. The van der Waals surface area contributed by atoms with Gasteiger partial charge in [0.2, 0.25) is 5.91 Å². The molecule has 0 aliphatic carbocycles. The number of fused-ring (bicyclic) bond motifs is 1. The molecule has 2 aromatic carbocycles. The van der Waals surface area contributed by atoms with Gasteiger partial charge in [-0.1, -0.05) is 35.0 Å². The summed E-state index contributed by atoms with van der Waals surface area (Å²) in [5.41, 5.74) is 2.48. The predicted molar refractivity (Wildman–Crippen MR) is 99.8 cm³/mol. The Labute approximate surface area is 154 Å². The van der Waals surface area contributed by atoms with Gasteiger partial charge in [0, 0.05) is 10.2 Å². The van der Waals surface area contributed by atoms with Crippen molar-refractivity contribution in [2.45, 2.75) is 26.3 Å². The number of ketones is 1. The second-order valence-corrected chi connectivity index (χ2v) is 6.86. The van der Waals surface area contributed by atoms with Gasteiger partial charge in [-0.05, 0) is 49.2 Å². The lowest BCUT2D eigenvalue weighted by atomic mass is 10.1. The van der Waals surface area contributed by atoms with Crippen LogP contribution in [0.15, 0.2) is 46.9 Å².